The van der Waals surface area contributed by atoms with Crippen molar-refractivity contribution in [1.82, 2.24) is 0 Å². The van der Waals surface area contributed by atoms with Crippen molar-refractivity contribution < 1.29 is 22.7 Å². The van der Waals surface area contributed by atoms with Crippen molar-refractivity contribution in [2.75, 3.05) is 22.5 Å². The summed E-state index contributed by atoms with van der Waals surface area (Å²) in [5.74, 6) is -0.355. The zero-order chi connectivity index (χ0) is 20.9. The number of benzene rings is 2. The smallest absolute Gasteiger partial charge is 0.411 e. The van der Waals surface area contributed by atoms with Gasteiger partial charge < -0.3 is 10.1 Å². The van der Waals surface area contributed by atoms with Gasteiger partial charge in [-0.15, -0.1) is 11.3 Å². The van der Waals surface area contributed by atoms with Crippen LogP contribution in [-0.2, 0) is 14.8 Å². The second kappa shape index (κ2) is 8.76. The molecule has 0 bridgehead atoms. The lowest BCUT2D eigenvalue weighted by atomic mass is 10.2. The molecule has 1 aromatic heterocycles. The summed E-state index contributed by atoms with van der Waals surface area (Å²) in [6.45, 7) is 0. The number of anilines is 3. The molecule has 0 radical (unpaired) electrons. The van der Waals surface area contributed by atoms with Gasteiger partial charge in [0.15, 0.2) is 0 Å². The van der Waals surface area contributed by atoms with Gasteiger partial charge in [-0.25, -0.2) is 13.2 Å². The molecule has 0 unspecified atom stereocenters. The summed E-state index contributed by atoms with van der Waals surface area (Å²) < 4.78 is 31.6. The van der Waals surface area contributed by atoms with Crippen LogP contribution in [-0.4, -0.2) is 27.5 Å². The standard InChI is InChI=1S/C19H17N3O5S2/c1-27-19(24)21-15-10-8-14(9-11-15)20-18(23)13-4-6-16(7-5-13)22-29(25,26)17-3-2-12-28-17/h2-12,22H,1H3,(H,20,23)(H,21,24). The zero-order valence-electron chi connectivity index (χ0n) is 15.2. The van der Waals surface area contributed by atoms with Crippen LogP contribution in [0.4, 0.5) is 21.9 Å². The normalized spacial score (nSPS) is 10.8. The Bertz CT molecular complexity index is 1090. The quantitative estimate of drug-likeness (QED) is 0.546. The molecular formula is C19H17N3O5S2. The molecule has 2 aromatic carbocycles. The predicted octanol–water partition coefficient (Wildman–Crippen LogP) is 3.98. The van der Waals surface area contributed by atoms with Crippen molar-refractivity contribution in [1.29, 1.82) is 0 Å². The number of hydrogen-bond donors (Lipinski definition) is 3. The summed E-state index contributed by atoms with van der Waals surface area (Å²) >= 11 is 1.12. The Kier molecular flexibility index (Phi) is 6.15. The van der Waals surface area contributed by atoms with E-state index in [0.29, 0.717) is 22.6 Å². The van der Waals surface area contributed by atoms with Crippen LogP contribution in [0.1, 0.15) is 10.4 Å². The Morgan fingerprint density at radius 1 is 0.862 bits per heavy atom. The van der Waals surface area contributed by atoms with Crippen LogP contribution >= 0.6 is 11.3 Å². The topological polar surface area (TPSA) is 114 Å². The number of nitrogens with one attached hydrogen (secondary N) is 3. The van der Waals surface area contributed by atoms with E-state index in [0.717, 1.165) is 11.3 Å². The Morgan fingerprint density at radius 2 is 1.45 bits per heavy atom. The number of rotatable bonds is 6. The SMILES string of the molecule is COC(=O)Nc1ccc(NC(=O)c2ccc(NS(=O)(=O)c3cccs3)cc2)cc1. The number of carbonyl (C=O) groups excluding carboxylic acids is 2. The van der Waals surface area contributed by atoms with Gasteiger partial charge in [0.25, 0.3) is 15.9 Å². The lowest BCUT2D eigenvalue weighted by Crippen LogP contribution is -2.14. The molecule has 0 aliphatic carbocycles. The van der Waals surface area contributed by atoms with E-state index in [1.165, 1.54) is 37.4 Å². The van der Waals surface area contributed by atoms with Gasteiger partial charge in [-0.3, -0.25) is 14.8 Å². The molecule has 0 atom stereocenters. The fourth-order valence-electron chi connectivity index (χ4n) is 2.32. The van der Waals surface area contributed by atoms with Crippen molar-refractivity contribution in [3.63, 3.8) is 0 Å². The largest absolute Gasteiger partial charge is 0.453 e. The lowest BCUT2D eigenvalue weighted by Gasteiger charge is -2.09. The van der Waals surface area contributed by atoms with Crippen LogP contribution < -0.4 is 15.4 Å². The van der Waals surface area contributed by atoms with E-state index < -0.39 is 16.1 Å². The molecule has 0 saturated heterocycles. The highest BCUT2D eigenvalue weighted by Gasteiger charge is 2.15. The molecule has 0 fully saturated rings. The van der Waals surface area contributed by atoms with E-state index in [2.05, 4.69) is 20.1 Å². The Labute approximate surface area is 171 Å². The molecule has 8 nitrogen and oxygen atoms in total. The molecule has 0 spiro atoms. The summed E-state index contributed by atoms with van der Waals surface area (Å²) in [6.07, 6.45) is -0.587. The monoisotopic (exact) mass is 431 g/mol. The molecule has 1 heterocycles. The second-order valence-electron chi connectivity index (χ2n) is 5.76. The van der Waals surface area contributed by atoms with Crippen LogP contribution in [0.5, 0.6) is 0 Å². The van der Waals surface area contributed by atoms with Crippen molar-refractivity contribution in [2.24, 2.45) is 0 Å². The number of amides is 2. The molecule has 0 aliphatic rings. The lowest BCUT2D eigenvalue weighted by molar-refractivity contribution is 0.102. The van der Waals surface area contributed by atoms with Gasteiger partial charge in [-0.1, -0.05) is 6.07 Å². The molecule has 0 aliphatic heterocycles. The minimum absolute atomic E-state index is 0.212. The average molecular weight is 431 g/mol. The number of sulfonamides is 1. The average Bonchev–Trinajstić information content (AvgIpc) is 3.25. The molecule has 3 aromatic rings. The van der Waals surface area contributed by atoms with Gasteiger partial charge in [0.2, 0.25) is 0 Å². The fourth-order valence-corrected chi connectivity index (χ4v) is 4.37. The van der Waals surface area contributed by atoms with E-state index in [1.807, 2.05) is 0 Å². The number of methoxy groups -OCH3 is 1. The summed E-state index contributed by atoms with van der Waals surface area (Å²) in [4.78, 5) is 23.5. The fraction of sp³-hybridized carbons (Fsp3) is 0.0526. The van der Waals surface area contributed by atoms with Crippen molar-refractivity contribution in [2.45, 2.75) is 4.21 Å². The molecule has 2 amide bonds. The van der Waals surface area contributed by atoms with Crippen molar-refractivity contribution >= 4 is 50.4 Å². The van der Waals surface area contributed by atoms with E-state index in [-0.39, 0.29) is 10.1 Å². The third-order valence-electron chi connectivity index (χ3n) is 3.73. The second-order valence-corrected chi connectivity index (χ2v) is 8.62. The third-order valence-corrected chi connectivity index (χ3v) is 6.51. The van der Waals surface area contributed by atoms with Gasteiger partial charge in [0.1, 0.15) is 4.21 Å². The maximum Gasteiger partial charge on any atom is 0.411 e. The van der Waals surface area contributed by atoms with Crippen LogP contribution in [0, 0.1) is 0 Å². The molecule has 3 N–H and O–H groups in total. The minimum Gasteiger partial charge on any atom is -0.453 e. The maximum absolute atomic E-state index is 12.4. The molecule has 10 heteroatoms. The maximum atomic E-state index is 12.4. The number of carbonyl (C=O) groups is 2. The van der Waals surface area contributed by atoms with E-state index in [1.54, 1.807) is 35.7 Å². The van der Waals surface area contributed by atoms with Crippen LogP contribution in [0.25, 0.3) is 0 Å². The van der Waals surface area contributed by atoms with Gasteiger partial charge in [0.05, 0.1) is 7.11 Å². The highest BCUT2D eigenvalue weighted by molar-refractivity contribution is 7.94. The van der Waals surface area contributed by atoms with Gasteiger partial charge >= 0.3 is 6.09 Å². The molecule has 3 rings (SSSR count). The third kappa shape index (κ3) is 5.33. The van der Waals surface area contributed by atoms with Crippen LogP contribution in [0.15, 0.2) is 70.3 Å². The van der Waals surface area contributed by atoms with Gasteiger partial charge in [0, 0.05) is 22.6 Å². The van der Waals surface area contributed by atoms with Gasteiger partial charge in [-0.2, -0.15) is 0 Å². The molecule has 150 valence electrons. The highest BCUT2D eigenvalue weighted by Crippen LogP contribution is 2.21. The van der Waals surface area contributed by atoms with Gasteiger partial charge in [-0.05, 0) is 60.0 Å². The van der Waals surface area contributed by atoms with Crippen LogP contribution in [0.2, 0.25) is 0 Å². The predicted molar refractivity (Wildman–Crippen MR) is 112 cm³/mol. The Balaban J connectivity index is 1.62. The first-order chi connectivity index (χ1) is 13.9. The summed E-state index contributed by atoms with van der Waals surface area (Å²) in [5, 5.41) is 6.91. The van der Waals surface area contributed by atoms with E-state index in [9.17, 15) is 18.0 Å². The first-order valence-corrected chi connectivity index (χ1v) is 10.7. The summed E-state index contributed by atoms with van der Waals surface area (Å²) in [6, 6.07) is 15.8. The Hall–Kier alpha value is -3.37. The van der Waals surface area contributed by atoms with Crippen molar-refractivity contribution in [3.8, 4) is 0 Å². The number of ether oxygens (including phenoxy) is 1. The van der Waals surface area contributed by atoms with E-state index >= 15 is 0 Å². The first kappa shape index (κ1) is 20.4. The number of hydrogen-bond acceptors (Lipinski definition) is 6. The first-order valence-electron chi connectivity index (χ1n) is 8.30. The summed E-state index contributed by atoms with van der Waals surface area (Å²) in [7, 11) is -2.37. The molecule has 0 saturated carbocycles. The number of thiophene rings is 1. The van der Waals surface area contributed by atoms with Crippen molar-refractivity contribution in [3.05, 3.63) is 71.6 Å². The molecular weight excluding hydrogens is 414 g/mol. The van der Waals surface area contributed by atoms with Crippen LogP contribution in [0.3, 0.4) is 0 Å². The zero-order valence-corrected chi connectivity index (χ0v) is 16.8. The highest BCUT2D eigenvalue weighted by atomic mass is 32.2. The Morgan fingerprint density at radius 3 is 2.00 bits per heavy atom. The molecule has 29 heavy (non-hydrogen) atoms. The minimum atomic E-state index is -3.64. The summed E-state index contributed by atoms with van der Waals surface area (Å²) in [5.41, 5.74) is 1.78. The van der Waals surface area contributed by atoms with E-state index in [4.69, 9.17) is 0 Å².